The molecule has 1 N–H and O–H groups in total. The van der Waals surface area contributed by atoms with Gasteiger partial charge in [0.25, 0.3) is 0 Å². The molecule has 2 bridgehead atoms. The van der Waals surface area contributed by atoms with E-state index in [2.05, 4.69) is 22.5 Å². The molecule has 3 amide bonds. The van der Waals surface area contributed by atoms with Crippen LogP contribution in [-0.2, 0) is 20.8 Å². The van der Waals surface area contributed by atoms with Crippen LogP contribution in [0.1, 0.15) is 12.0 Å². The van der Waals surface area contributed by atoms with Crippen LogP contribution in [0, 0.1) is 23.7 Å². The minimum atomic E-state index is -0.886. The molecule has 5 atom stereocenters. The smallest absolute Gasteiger partial charge is 0.248 e. The number of carbonyl (C=O) groups excluding carboxylic acids is 3. The molecule has 6 heteroatoms. The van der Waals surface area contributed by atoms with Crippen molar-refractivity contribution >= 4 is 23.4 Å². The summed E-state index contributed by atoms with van der Waals surface area (Å²) in [7, 11) is 0. The summed E-state index contributed by atoms with van der Waals surface area (Å²) in [6.07, 6.45) is 8.43. The first-order valence-electron chi connectivity index (χ1n) is 9.93. The van der Waals surface area contributed by atoms with Crippen molar-refractivity contribution in [3.8, 4) is 0 Å². The quantitative estimate of drug-likeness (QED) is 0.631. The molecular formula is C23H21N3O3. The molecule has 1 aliphatic heterocycles. The predicted octanol–water partition coefficient (Wildman–Crippen LogP) is 2.44. The maximum absolute atomic E-state index is 13.3. The fourth-order valence-corrected chi connectivity index (χ4v) is 5.03. The number of benzene rings is 1. The molecule has 0 spiro atoms. The number of hydrogen-bond acceptors (Lipinski definition) is 4. The zero-order valence-electron chi connectivity index (χ0n) is 15.8. The maximum atomic E-state index is 13.3. The zero-order valence-corrected chi connectivity index (χ0v) is 15.8. The summed E-state index contributed by atoms with van der Waals surface area (Å²) < 4.78 is 0. The number of aromatic nitrogens is 1. The van der Waals surface area contributed by atoms with E-state index in [4.69, 9.17) is 0 Å². The molecule has 2 aliphatic carbocycles. The monoisotopic (exact) mass is 387 g/mol. The van der Waals surface area contributed by atoms with Gasteiger partial charge in [0.05, 0.1) is 23.7 Å². The Morgan fingerprint density at radius 3 is 2.34 bits per heavy atom. The first-order valence-corrected chi connectivity index (χ1v) is 9.93. The zero-order chi connectivity index (χ0) is 20.0. The molecule has 146 valence electrons. The normalized spacial score (nSPS) is 27.9. The lowest BCUT2D eigenvalue weighted by molar-refractivity contribution is -0.147. The first-order chi connectivity index (χ1) is 14.1. The second-order valence-electron chi connectivity index (χ2n) is 7.98. The summed E-state index contributed by atoms with van der Waals surface area (Å²) in [5.41, 5.74) is 1.44. The van der Waals surface area contributed by atoms with Gasteiger partial charge < -0.3 is 5.32 Å². The number of carbonyl (C=O) groups is 3. The topological polar surface area (TPSA) is 79.4 Å². The number of rotatable bonds is 5. The molecule has 5 unspecified atom stereocenters. The van der Waals surface area contributed by atoms with Gasteiger partial charge >= 0.3 is 0 Å². The van der Waals surface area contributed by atoms with Crippen molar-refractivity contribution in [2.24, 2.45) is 23.7 Å². The first kappa shape index (κ1) is 17.8. The van der Waals surface area contributed by atoms with Gasteiger partial charge in [0.2, 0.25) is 17.7 Å². The third kappa shape index (κ3) is 2.95. The number of hydrogen-bond donors (Lipinski definition) is 1. The van der Waals surface area contributed by atoms with Crippen molar-refractivity contribution in [3.63, 3.8) is 0 Å². The molecule has 3 aliphatic rings. The summed E-state index contributed by atoms with van der Waals surface area (Å²) in [5, 5.41) is 2.82. The van der Waals surface area contributed by atoms with Crippen LogP contribution in [-0.4, -0.2) is 33.6 Å². The number of fused-ring (bicyclic) bond motifs is 5. The summed E-state index contributed by atoms with van der Waals surface area (Å²) in [5.74, 6) is -1.19. The number of allylic oxidation sites excluding steroid dienone is 2. The highest BCUT2D eigenvalue weighted by molar-refractivity contribution is 6.10. The van der Waals surface area contributed by atoms with Gasteiger partial charge in [0.15, 0.2) is 0 Å². The average molecular weight is 387 g/mol. The van der Waals surface area contributed by atoms with Crippen molar-refractivity contribution in [2.75, 3.05) is 5.32 Å². The maximum Gasteiger partial charge on any atom is 0.248 e. The number of nitrogens with one attached hydrogen (secondary N) is 1. The molecule has 0 radical (unpaired) electrons. The number of nitrogens with zero attached hydrogens (tertiary/aromatic N) is 2. The molecule has 2 fully saturated rings. The van der Waals surface area contributed by atoms with E-state index in [1.807, 2.05) is 30.3 Å². The van der Waals surface area contributed by atoms with E-state index >= 15 is 0 Å². The molecule has 2 aromatic rings. The molecule has 1 saturated heterocycles. The van der Waals surface area contributed by atoms with Crippen LogP contribution in [0.15, 0.2) is 67.0 Å². The second-order valence-corrected chi connectivity index (χ2v) is 7.98. The molecule has 29 heavy (non-hydrogen) atoms. The van der Waals surface area contributed by atoms with E-state index in [1.54, 1.807) is 24.5 Å². The van der Waals surface area contributed by atoms with E-state index in [1.165, 1.54) is 4.90 Å². The molecule has 6 nitrogen and oxygen atoms in total. The van der Waals surface area contributed by atoms with Crippen molar-refractivity contribution < 1.29 is 14.4 Å². The Hall–Kier alpha value is -3.28. The average Bonchev–Trinajstić information content (AvgIpc) is 3.42. The Kier molecular flexibility index (Phi) is 4.27. The highest BCUT2D eigenvalue weighted by Crippen LogP contribution is 2.53. The van der Waals surface area contributed by atoms with E-state index < -0.39 is 6.04 Å². The van der Waals surface area contributed by atoms with Gasteiger partial charge in [0.1, 0.15) is 6.04 Å². The predicted molar refractivity (Wildman–Crippen MR) is 106 cm³/mol. The van der Waals surface area contributed by atoms with Gasteiger partial charge in [-0.3, -0.25) is 24.3 Å². The number of imide groups is 1. The Labute approximate surface area is 168 Å². The number of pyridine rings is 1. The third-order valence-electron chi connectivity index (χ3n) is 6.32. The fraction of sp³-hybridized carbons (Fsp3) is 0.304. The van der Waals surface area contributed by atoms with Crippen LogP contribution >= 0.6 is 0 Å². The fourth-order valence-electron chi connectivity index (χ4n) is 5.03. The van der Waals surface area contributed by atoms with Crippen LogP contribution in [0.2, 0.25) is 0 Å². The molecule has 1 aromatic carbocycles. The Morgan fingerprint density at radius 2 is 1.72 bits per heavy atom. The van der Waals surface area contributed by atoms with Crippen molar-refractivity contribution in [1.82, 2.24) is 9.88 Å². The summed E-state index contributed by atoms with van der Waals surface area (Å²) in [6.45, 7) is 0. The highest BCUT2D eigenvalue weighted by atomic mass is 16.2. The summed E-state index contributed by atoms with van der Waals surface area (Å²) in [4.78, 5) is 45.0. The third-order valence-corrected chi connectivity index (χ3v) is 6.32. The Morgan fingerprint density at radius 1 is 1.03 bits per heavy atom. The summed E-state index contributed by atoms with van der Waals surface area (Å²) >= 11 is 0. The van der Waals surface area contributed by atoms with E-state index in [9.17, 15) is 14.4 Å². The lowest BCUT2D eigenvalue weighted by Crippen LogP contribution is -2.49. The number of amides is 3. The van der Waals surface area contributed by atoms with Gasteiger partial charge in [-0.2, -0.15) is 0 Å². The van der Waals surface area contributed by atoms with Crippen LogP contribution in [0.25, 0.3) is 0 Å². The van der Waals surface area contributed by atoms with Gasteiger partial charge in [-0.25, -0.2) is 0 Å². The number of likely N-dealkylation sites (tertiary alicyclic amines) is 1. The SMILES string of the molecule is O=C(Nc1cccnc1)C(Cc1ccccc1)N1C(=O)C2C3C=CC(C3)C2C1=O. The molecule has 2 heterocycles. The van der Waals surface area contributed by atoms with Gasteiger partial charge in [-0.05, 0) is 36.0 Å². The molecular weight excluding hydrogens is 366 g/mol. The molecule has 1 aromatic heterocycles. The standard InChI is InChI=1S/C23H21N3O3/c27-21(25-17-7-4-10-24-13-17)18(11-14-5-2-1-3-6-14)26-22(28)19-15-8-9-16(12-15)20(19)23(26)29/h1-10,13,15-16,18-20H,11-12H2,(H,25,27). The van der Waals surface area contributed by atoms with Gasteiger partial charge in [0, 0.05) is 12.6 Å². The summed E-state index contributed by atoms with van der Waals surface area (Å²) in [6, 6.07) is 12.0. The Balaban J connectivity index is 1.46. The van der Waals surface area contributed by atoms with Crippen molar-refractivity contribution in [2.45, 2.75) is 18.9 Å². The van der Waals surface area contributed by atoms with Crippen molar-refractivity contribution in [1.29, 1.82) is 0 Å². The second kappa shape index (κ2) is 6.95. The van der Waals surface area contributed by atoms with Crippen LogP contribution in [0.4, 0.5) is 5.69 Å². The van der Waals surface area contributed by atoms with Gasteiger partial charge in [-0.15, -0.1) is 0 Å². The van der Waals surface area contributed by atoms with Crippen LogP contribution in [0.5, 0.6) is 0 Å². The highest BCUT2D eigenvalue weighted by Gasteiger charge is 2.61. The minimum absolute atomic E-state index is 0.116. The van der Waals surface area contributed by atoms with E-state index in [-0.39, 0.29) is 47.8 Å². The number of anilines is 1. The van der Waals surface area contributed by atoms with Crippen LogP contribution < -0.4 is 5.32 Å². The lowest BCUT2D eigenvalue weighted by Gasteiger charge is -2.27. The van der Waals surface area contributed by atoms with Crippen LogP contribution in [0.3, 0.4) is 0 Å². The molecule has 5 rings (SSSR count). The van der Waals surface area contributed by atoms with Gasteiger partial charge in [-0.1, -0.05) is 42.5 Å². The van der Waals surface area contributed by atoms with E-state index in [0.29, 0.717) is 5.69 Å². The van der Waals surface area contributed by atoms with E-state index in [0.717, 1.165) is 12.0 Å². The lowest BCUT2D eigenvalue weighted by atomic mass is 9.85. The largest absolute Gasteiger partial charge is 0.323 e. The van der Waals surface area contributed by atoms with Crippen molar-refractivity contribution in [3.05, 3.63) is 72.6 Å². The molecule has 1 saturated carbocycles. The Bertz CT molecular complexity index is 959. The minimum Gasteiger partial charge on any atom is -0.323 e.